The first-order chi connectivity index (χ1) is 16.0. The van der Waals surface area contributed by atoms with E-state index in [1.807, 2.05) is 60.7 Å². The van der Waals surface area contributed by atoms with Crippen LogP contribution in [0.5, 0.6) is 11.5 Å². The normalized spacial score (nSPS) is 11.8. The minimum atomic E-state index is -0.458. The van der Waals surface area contributed by atoms with Crippen molar-refractivity contribution >= 4 is 16.9 Å². The number of amides is 1. The monoisotopic (exact) mass is 445 g/mol. The smallest absolute Gasteiger partial charge is 0.258 e. The molecule has 0 saturated carbocycles. The maximum atomic E-state index is 12.5. The summed E-state index contributed by atoms with van der Waals surface area (Å²) in [5, 5.41) is 22.7. The summed E-state index contributed by atoms with van der Waals surface area (Å²) in [7, 11) is 0. The van der Waals surface area contributed by atoms with Gasteiger partial charge in [-0.3, -0.25) is 9.59 Å². The van der Waals surface area contributed by atoms with Crippen LogP contribution in [0.3, 0.4) is 0 Å². The van der Waals surface area contributed by atoms with Crippen LogP contribution in [0.2, 0.25) is 0 Å². The molecule has 1 heterocycles. The first kappa shape index (κ1) is 22.1. The molecule has 4 rings (SSSR count). The van der Waals surface area contributed by atoms with Gasteiger partial charge in [-0.05, 0) is 12.0 Å². The molecule has 0 saturated heterocycles. The number of carbonyl (C=O) groups excluding carboxylic acids is 1. The van der Waals surface area contributed by atoms with Crippen LogP contribution in [0.25, 0.3) is 22.3 Å². The third-order valence-electron chi connectivity index (χ3n) is 5.12. The van der Waals surface area contributed by atoms with Crippen LogP contribution in [0.4, 0.5) is 0 Å². The van der Waals surface area contributed by atoms with Gasteiger partial charge in [0, 0.05) is 23.8 Å². The highest BCUT2D eigenvalue weighted by molar-refractivity contribution is 5.86. The molecule has 33 heavy (non-hydrogen) atoms. The van der Waals surface area contributed by atoms with E-state index < -0.39 is 11.9 Å². The highest BCUT2D eigenvalue weighted by atomic mass is 16.5. The van der Waals surface area contributed by atoms with Gasteiger partial charge in [0.05, 0.1) is 12.6 Å². The van der Waals surface area contributed by atoms with E-state index in [-0.39, 0.29) is 41.1 Å². The van der Waals surface area contributed by atoms with Gasteiger partial charge in [0.1, 0.15) is 28.2 Å². The average molecular weight is 445 g/mol. The Morgan fingerprint density at radius 1 is 1.00 bits per heavy atom. The molecule has 3 N–H and O–H groups in total. The summed E-state index contributed by atoms with van der Waals surface area (Å²) in [5.74, 6) is -0.196. The summed E-state index contributed by atoms with van der Waals surface area (Å²) >= 11 is 0. The number of benzene rings is 3. The second-order valence-electron chi connectivity index (χ2n) is 7.58. The fourth-order valence-corrected chi connectivity index (χ4v) is 3.55. The number of phenols is 1. The lowest BCUT2D eigenvalue weighted by Gasteiger charge is -2.17. The number of carbonyl (C=O) groups is 1. The lowest BCUT2D eigenvalue weighted by atomic mass is 10.1. The average Bonchev–Trinajstić information content (AvgIpc) is 2.83. The lowest BCUT2D eigenvalue weighted by Crippen LogP contribution is -2.41. The second-order valence-corrected chi connectivity index (χ2v) is 7.58. The number of hydrogen-bond acceptors (Lipinski definition) is 6. The van der Waals surface area contributed by atoms with Gasteiger partial charge in [0.25, 0.3) is 5.91 Å². The summed E-state index contributed by atoms with van der Waals surface area (Å²) in [4.78, 5) is 24.9. The summed E-state index contributed by atoms with van der Waals surface area (Å²) in [6.07, 6.45) is 0.479. The molecule has 7 heteroatoms. The number of aliphatic hydroxyl groups excluding tert-OH is 1. The Balaban J connectivity index is 1.48. The van der Waals surface area contributed by atoms with E-state index in [1.165, 1.54) is 18.2 Å². The lowest BCUT2D eigenvalue weighted by molar-refractivity contribution is -0.124. The molecule has 0 radical (unpaired) electrons. The Bertz CT molecular complexity index is 1300. The molecule has 0 aliphatic carbocycles. The molecule has 0 bridgehead atoms. The van der Waals surface area contributed by atoms with Crippen molar-refractivity contribution in [2.45, 2.75) is 12.5 Å². The van der Waals surface area contributed by atoms with Crippen LogP contribution >= 0.6 is 0 Å². The third kappa shape index (κ3) is 5.39. The van der Waals surface area contributed by atoms with Gasteiger partial charge in [-0.15, -0.1) is 0 Å². The van der Waals surface area contributed by atoms with Crippen molar-refractivity contribution in [1.29, 1.82) is 0 Å². The van der Waals surface area contributed by atoms with Gasteiger partial charge in [-0.1, -0.05) is 60.7 Å². The Labute approximate surface area is 189 Å². The predicted octanol–water partition coefficient (Wildman–Crippen LogP) is 3.26. The minimum absolute atomic E-state index is 0.0367. The largest absolute Gasteiger partial charge is 0.507 e. The van der Waals surface area contributed by atoms with Crippen LogP contribution < -0.4 is 15.5 Å². The number of hydrogen-bond donors (Lipinski definition) is 3. The fraction of sp³-hybridized carbons (Fsp3) is 0.154. The van der Waals surface area contributed by atoms with Crippen LogP contribution in [-0.2, 0) is 11.2 Å². The van der Waals surface area contributed by atoms with Crippen LogP contribution in [0, 0.1) is 0 Å². The Hall–Kier alpha value is -4.10. The molecule has 4 aromatic rings. The second kappa shape index (κ2) is 10.0. The number of ether oxygens (including phenoxy) is 1. The third-order valence-corrected chi connectivity index (χ3v) is 5.12. The minimum Gasteiger partial charge on any atom is -0.507 e. The van der Waals surface area contributed by atoms with Crippen LogP contribution in [0.1, 0.15) is 5.56 Å². The standard InChI is InChI=1S/C26H23NO6/c28-15-19(11-17-7-3-1-4-8-17)27-25(31)16-32-20-12-21(29)26-22(30)14-23(33-24(26)13-20)18-9-5-2-6-10-18/h1-10,12-14,19,28-29H,11,15-16H2,(H,27,31). The first-order valence-corrected chi connectivity index (χ1v) is 10.5. The molecule has 0 aliphatic rings. The van der Waals surface area contributed by atoms with Gasteiger partial charge < -0.3 is 24.7 Å². The molecular weight excluding hydrogens is 422 g/mol. The molecule has 168 valence electrons. The SMILES string of the molecule is O=C(COc1cc(O)c2c(=O)cc(-c3ccccc3)oc2c1)NC(CO)Cc1ccccc1. The van der Waals surface area contributed by atoms with Gasteiger partial charge in [-0.25, -0.2) is 0 Å². The van der Waals surface area contributed by atoms with Crippen molar-refractivity contribution < 1.29 is 24.2 Å². The van der Waals surface area contributed by atoms with Gasteiger partial charge in [-0.2, -0.15) is 0 Å². The predicted molar refractivity (Wildman–Crippen MR) is 124 cm³/mol. The Kier molecular flexibility index (Phi) is 6.71. The molecule has 0 fully saturated rings. The Morgan fingerprint density at radius 3 is 2.39 bits per heavy atom. The van der Waals surface area contributed by atoms with E-state index in [4.69, 9.17) is 9.15 Å². The Morgan fingerprint density at radius 2 is 1.70 bits per heavy atom. The van der Waals surface area contributed by atoms with Crippen molar-refractivity contribution in [2.24, 2.45) is 0 Å². The van der Waals surface area contributed by atoms with Crippen molar-refractivity contribution in [2.75, 3.05) is 13.2 Å². The maximum absolute atomic E-state index is 12.5. The number of aliphatic hydroxyl groups is 1. The molecule has 0 spiro atoms. The van der Waals surface area contributed by atoms with E-state index in [9.17, 15) is 19.8 Å². The van der Waals surface area contributed by atoms with E-state index in [0.717, 1.165) is 11.1 Å². The van der Waals surface area contributed by atoms with Crippen molar-refractivity contribution in [3.05, 3.63) is 94.6 Å². The highest BCUT2D eigenvalue weighted by Crippen LogP contribution is 2.31. The topological polar surface area (TPSA) is 109 Å². The van der Waals surface area contributed by atoms with Crippen LogP contribution in [0.15, 0.2) is 88.1 Å². The number of phenolic OH excluding ortho intramolecular Hbond substituents is 1. The van der Waals surface area contributed by atoms with E-state index in [1.54, 1.807) is 0 Å². The van der Waals surface area contributed by atoms with Crippen molar-refractivity contribution in [3.63, 3.8) is 0 Å². The van der Waals surface area contributed by atoms with E-state index in [2.05, 4.69) is 5.32 Å². The van der Waals surface area contributed by atoms with Gasteiger partial charge >= 0.3 is 0 Å². The maximum Gasteiger partial charge on any atom is 0.258 e. The summed E-state index contributed by atoms with van der Waals surface area (Å²) < 4.78 is 11.4. The summed E-state index contributed by atoms with van der Waals surface area (Å²) in [6.45, 7) is -0.552. The molecule has 7 nitrogen and oxygen atoms in total. The number of rotatable bonds is 8. The zero-order valence-electron chi connectivity index (χ0n) is 17.7. The van der Waals surface area contributed by atoms with E-state index in [0.29, 0.717) is 12.2 Å². The first-order valence-electron chi connectivity index (χ1n) is 10.5. The van der Waals surface area contributed by atoms with Crippen molar-refractivity contribution in [3.8, 4) is 22.8 Å². The van der Waals surface area contributed by atoms with Crippen molar-refractivity contribution in [1.82, 2.24) is 5.32 Å². The van der Waals surface area contributed by atoms with Gasteiger partial charge in [0.2, 0.25) is 0 Å². The van der Waals surface area contributed by atoms with Gasteiger partial charge in [0.15, 0.2) is 12.0 Å². The zero-order valence-corrected chi connectivity index (χ0v) is 17.7. The molecule has 1 unspecified atom stereocenters. The number of nitrogens with one attached hydrogen (secondary N) is 1. The number of fused-ring (bicyclic) bond motifs is 1. The summed E-state index contributed by atoms with van der Waals surface area (Å²) in [5.41, 5.74) is 1.47. The molecular formula is C26H23NO6. The molecule has 1 atom stereocenters. The quantitative estimate of drug-likeness (QED) is 0.384. The molecule has 3 aromatic carbocycles. The zero-order chi connectivity index (χ0) is 23.2. The summed E-state index contributed by atoms with van der Waals surface area (Å²) in [6, 6.07) is 22.2. The fourth-order valence-electron chi connectivity index (χ4n) is 3.55. The number of aromatic hydroxyl groups is 1. The van der Waals surface area contributed by atoms with Crippen LogP contribution in [-0.4, -0.2) is 35.4 Å². The molecule has 1 amide bonds. The highest BCUT2D eigenvalue weighted by Gasteiger charge is 2.15. The molecule has 1 aromatic heterocycles. The molecule has 0 aliphatic heterocycles. The van der Waals surface area contributed by atoms with E-state index >= 15 is 0 Å².